The summed E-state index contributed by atoms with van der Waals surface area (Å²) in [6.45, 7) is 5.48. The van der Waals surface area contributed by atoms with Crippen molar-refractivity contribution in [3.8, 4) is 0 Å². The molecule has 0 bridgehead atoms. The molecule has 3 heteroatoms. The highest BCUT2D eigenvalue weighted by Crippen LogP contribution is 2.12. The van der Waals surface area contributed by atoms with Crippen LogP contribution in [0, 0.1) is 0 Å². The van der Waals surface area contributed by atoms with Gasteiger partial charge in [0.05, 0.1) is 6.10 Å². The number of hydrogen-bond donors (Lipinski definition) is 1. The topological polar surface area (TPSA) is 38.5 Å². The number of piperidine rings is 1. The Labute approximate surface area is 81.2 Å². The lowest BCUT2D eigenvalue weighted by molar-refractivity contribution is 0.0394. The maximum atomic E-state index is 5.90. The molecule has 78 valence electrons. The average molecular weight is 186 g/mol. The van der Waals surface area contributed by atoms with Crippen molar-refractivity contribution in [1.29, 1.82) is 0 Å². The second kappa shape index (κ2) is 5.58. The molecule has 1 rings (SSSR count). The van der Waals surface area contributed by atoms with Crippen molar-refractivity contribution >= 4 is 0 Å². The van der Waals surface area contributed by atoms with Gasteiger partial charge in [0.2, 0.25) is 0 Å². The van der Waals surface area contributed by atoms with Crippen molar-refractivity contribution < 1.29 is 4.74 Å². The summed E-state index contributed by atoms with van der Waals surface area (Å²) in [5.41, 5.74) is 5.90. The number of ether oxygens (including phenoxy) is 1. The minimum atomic E-state index is 0.346. The fraction of sp³-hybridized carbons (Fsp3) is 1.00. The van der Waals surface area contributed by atoms with E-state index in [2.05, 4.69) is 11.8 Å². The van der Waals surface area contributed by atoms with Crippen molar-refractivity contribution in [3.05, 3.63) is 0 Å². The molecule has 13 heavy (non-hydrogen) atoms. The van der Waals surface area contributed by atoms with Crippen LogP contribution >= 0.6 is 0 Å². The average Bonchev–Trinajstić information content (AvgIpc) is 2.19. The molecule has 0 aromatic carbocycles. The number of likely N-dealkylation sites (tertiary alicyclic amines) is 1. The Kier molecular flexibility index (Phi) is 4.70. The first-order valence-corrected chi connectivity index (χ1v) is 5.27. The van der Waals surface area contributed by atoms with E-state index in [1.54, 1.807) is 7.11 Å². The number of nitrogens with two attached hydrogens (primary N) is 1. The standard InChI is InChI=1S/C10H22N2O/c1-3-9(11)8-12-6-4-10(13-2)5-7-12/h9-10H,3-8,11H2,1-2H3. The zero-order valence-corrected chi connectivity index (χ0v) is 8.83. The maximum Gasteiger partial charge on any atom is 0.0595 e. The Morgan fingerprint density at radius 2 is 2.08 bits per heavy atom. The lowest BCUT2D eigenvalue weighted by atomic mass is 10.1. The van der Waals surface area contributed by atoms with Gasteiger partial charge in [-0.25, -0.2) is 0 Å². The molecule has 3 nitrogen and oxygen atoms in total. The predicted molar refractivity (Wildman–Crippen MR) is 54.7 cm³/mol. The smallest absolute Gasteiger partial charge is 0.0595 e. The predicted octanol–water partition coefficient (Wildman–Crippen LogP) is 0.834. The van der Waals surface area contributed by atoms with Crippen LogP contribution in [0.2, 0.25) is 0 Å². The van der Waals surface area contributed by atoms with Crippen LogP contribution in [0.15, 0.2) is 0 Å². The number of hydrogen-bond acceptors (Lipinski definition) is 3. The quantitative estimate of drug-likeness (QED) is 0.707. The second-order valence-corrected chi connectivity index (χ2v) is 3.90. The molecule has 0 saturated carbocycles. The van der Waals surface area contributed by atoms with Gasteiger partial charge in [-0.3, -0.25) is 0 Å². The third-order valence-corrected chi connectivity index (χ3v) is 2.89. The lowest BCUT2D eigenvalue weighted by Crippen LogP contribution is -2.43. The van der Waals surface area contributed by atoms with Gasteiger partial charge in [-0.15, -0.1) is 0 Å². The molecule has 0 aromatic heterocycles. The molecule has 1 unspecified atom stereocenters. The summed E-state index contributed by atoms with van der Waals surface area (Å²) in [6.07, 6.45) is 3.87. The van der Waals surface area contributed by atoms with E-state index >= 15 is 0 Å². The molecule has 0 spiro atoms. The first kappa shape index (κ1) is 11.0. The highest BCUT2D eigenvalue weighted by molar-refractivity contribution is 4.75. The summed E-state index contributed by atoms with van der Waals surface area (Å²) in [4.78, 5) is 2.45. The summed E-state index contributed by atoms with van der Waals surface area (Å²) in [7, 11) is 1.80. The molecule has 1 aliphatic heterocycles. The van der Waals surface area contributed by atoms with E-state index in [0.29, 0.717) is 12.1 Å². The minimum Gasteiger partial charge on any atom is -0.381 e. The molecule has 1 fully saturated rings. The first-order chi connectivity index (χ1) is 6.26. The maximum absolute atomic E-state index is 5.90. The van der Waals surface area contributed by atoms with Gasteiger partial charge in [-0.05, 0) is 19.3 Å². The molecule has 0 aromatic rings. The van der Waals surface area contributed by atoms with Crippen LogP contribution in [-0.4, -0.2) is 43.8 Å². The van der Waals surface area contributed by atoms with Crippen LogP contribution < -0.4 is 5.73 Å². The molecular weight excluding hydrogens is 164 g/mol. The normalized spacial score (nSPS) is 23.3. The molecule has 0 radical (unpaired) electrons. The molecular formula is C10H22N2O. The Morgan fingerprint density at radius 1 is 1.46 bits per heavy atom. The third-order valence-electron chi connectivity index (χ3n) is 2.89. The van der Waals surface area contributed by atoms with Gasteiger partial charge in [0.1, 0.15) is 0 Å². The van der Waals surface area contributed by atoms with Crippen LogP contribution in [0.3, 0.4) is 0 Å². The van der Waals surface area contributed by atoms with E-state index in [4.69, 9.17) is 10.5 Å². The SMILES string of the molecule is CCC(N)CN1CCC(OC)CC1. The zero-order chi connectivity index (χ0) is 9.68. The number of methoxy groups -OCH3 is 1. The largest absolute Gasteiger partial charge is 0.381 e. The van der Waals surface area contributed by atoms with Gasteiger partial charge in [-0.1, -0.05) is 6.92 Å². The van der Waals surface area contributed by atoms with Gasteiger partial charge in [0.25, 0.3) is 0 Å². The summed E-state index contributed by atoms with van der Waals surface area (Å²) in [6, 6.07) is 0.346. The Hall–Kier alpha value is -0.120. The van der Waals surface area contributed by atoms with Crippen LogP contribution in [0.5, 0.6) is 0 Å². The van der Waals surface area contributed by atoms with Crippen LogP contribution in [0.1, 0.15) is 26.2 Å². The van der Waals surface area contributed by atoms with Crippen molar-refractivity contribution in [2.24, 2.45) is 5.73 Å². The monoisotopic (exact) mass is 186 g/mol. The van der Waals surface area contributed by atoms with E-state index in [9.17, 15) is 0 Å². The van der Waals surface area contributed by atoms with Gasteiger partial charge in [0.15, 0.2) is 0 Å². The highest BCUT2D eigenvalue weighted by Gasteiger charge is 2.19. The molecule has 1 aliphatic rings. The van der Waals surface area contributed by atoms with E-state index in [1.807, 2.05) is 0 Å². The van der Waals surface area contributed by atoms with Gasteiger partial charge >= 0.3 is 0 Å². The third kappa shape index (κ3) is 3.63. The number of rotatable bonds is 4. The minimum absolute atomic E-state index is 0.346. The summed E-state index contributed by atoms with van der Waals surface area (Å²) >= 11 is 0. The van der Waals surface area contributed by atoms with Gasteiger partial charge in [-0.2, -0.15) is 0 Å². The second-order valence-electron chi connectivity index (χ2n) is 3.90. The van der Waals surface area contributed by atoms with E-state index in [0.717, 1.165) is 38.9 Å². The van der Waals surface area contributed by atoms with Crippen LogP contribution in [-0.2, 0) is 4.74 Å². The van der Waals surface area contributed by atoms with Crippen molar-refractivity contribution in [2.45, 2.75) is 38.3 Å². The molecule has 0 aliphatic carbocycles. The number of nitrogens with zero attached hydrogens (tertiary/aromatic N) is 1. The van der Waals surface area contributed by atoms with E-state index in [-0.39, 0.29) is 0 Å². The van der Waals surface area contributed by atoms with Gasteiger partial charge < -0.3 is 15.4 Å². The lowest BCUT2D eigenvalue weighted by Gasteiger charge is -2.32. The Balaban J connectivity index is 2.17. The zero-order valence-electron chi connectivity index (χ0n) is 8.83. The fourth-order valence-electron chi connectivity index (χ4n) is 1.79. The highest BCUT2D eigenvalue weighted by atomic mass is 16.5. The van der Waals surface area contributed by atoms with Crippen molar-refractivity contribution in [1.82, 2.24) is 4.90 Å². The van der Waals surface area contributed by atoms with Crippen molar-refractivity contribution in [3.63, 3.8) is 0 Å². The van der Waals surface area contributed by atoms with Crippen LogP contribution in [0.25, 0.3) is 0 Å². The van der Waals surface area contributed by atoms with E-state index < -0.39 is 0 Å². The summed E-state index contributed by atoms with van der Waals surface area (Å²) in [5, 5.41) is 0. The summed E-state index contributed by atoms with van der Waals surface area (Å²) < 4.78 is 5.31. The van der Waals surface area contributed by atoms with Crippen molar-refractivity contribution in [2.75, 3.05) is 26.7 Å². The van der Waals surface area contributed by atoms with Crippen LogP contribution in [0.4, 0.5) is 0 Å². The summed E-state index contributed by atoms with van der Waals surface area (Å²) in [5.74, 6) is 0. The van der Waals surface area contributed by atoms with E-state index in [1.165, 1.54) is 0 Å². The molecule has 2 N–H and O–H groups in total. The molecule has 0 amide bonds. The fourth-order valence-corrected chi connectivity index (χ4v) is 1.79. The molecule has 1 saturated heterocycles. The Bertz CT molecular complexity index is 133. The van der Waals surface area contributed by atoms with Gasteiger partial charge in [0, 0.05) is 32.8 Å². The first-order valence-electron chi connectivity index (χ1n) is 5.27. The molecule has 1 atom stereocenters. The molecule has 1 heterocycles. The Morgan fingerprint density at radius 3 is 2.54 bits per heavy atom.